The van der Waals surface area contributed by atoms with E-state index in [-0.39, 0.29) is 35.2 Å². The Morgan fingerprint density at radius 3 is 2.43 bits per heavy atom. The van der Waals surface area contributed by atoms with Crippen LogP contribution in [0.2, 0.25) is 5.02 Å². The maximum Gasteiger partial charge on any atom is 0.280 e. The molecule has 2 aromatic carbocycles. The molecule has 1 aliphatic rings. The molecule has 30 heavy (non-hydrogen) atoms. The summed E-state index contributed by atoms with van der Waals surface area (Å²) >= 11 is 5.69. The normalized spacial score (nSPS) is 19.4. The number of carbonyl (C=O) groups excluding carboxylic acids is 1. The number of hydrogen-bond donors (Lipinski definition) is 3. The van der Waals surface area contributed by atoms with Crippen LogP contribution >= 0.6 is 11.6 Å². The molecule has 0 heterocycles. The van der Waals surface area contributed by atoms with Crippen molar-refractivity contribution in [1.29, 1.82) is 0 Å². The lowest BCUT2D eigenvalue weighted by molar-refractivity contribution is 0.1000. The SMILES string of the molecule is O=C(/N=C(/NCc1ccc(Cl)c(F)c1)N[C@H]1CC[C@H](O)CC1)c1ccc(F)c(F)c1. The van der Waals surface area contributed by atoms with Crippen LogP contribution in [0.3, 0.4) is 0 Å². The summed E-state index contributed by atoms with van der Waals surface area (Å²) < 4.78 is 40.2. The molecule has 1 fully saturated rings. The number of nitrogens with zero attached hydrogens (tertiary/aromatic N) is 1. The van der Waals surface area contributed by atoms with Crippen molar-refractivity contribution in [3.63, 3.8) is 0 Å². The maximum atomic E-state index is 13.7. The molecule has 160 valence electrons. The first-order chi connectivity index (χ1) is 14.3. The first-order valence-corrected chi connectivity index (χ1v) is 9.90. The summed E-state index contributed by atoms with van der Waals surface area (Å²) in [6.45, 7) is 0.153. The number of carbonyl (C=O) groups is 1. The molecule has 0 aromatic heterocycles. The van der Waals surface area contributed by atoms with Crippen LogP contribution in [0.5, 0.6) is 0 Å². The third-order valence-corrected chi connectivity index (χ3v) is 5.17. The van der Waals surface area contributed by atoms with E-state index >= 15 is 0 Å². The largest absolute Gasteiger partial charge is 0.393 e. The van der Waals surface area contributed by atoms with E-state index in [1.807, 2.05) is 0 Å². The molecule has 0 aliphatic heterocycles. The second-order valence-electron chi connectivity index (χ2n) is 7.15. The molecular formula is C21H21ClF3N3O2. The fourth-order valence-electron chi connectivity index (χ4n) is 3.17. The van der Waals surface area contributed by atoms with E-state index in [0.29, 0.717) is 31.2 Å². The van der Waals surface area contributed by atoms with Gasteiger partial charge in [-0.25, -0.2) is 13.2 Å². The van der Waals surface area contributed by atoms with Crippen LogP contribution in [0.15, 0.2) is 41.4 Å². The van der Waals surface area contributed by atoms with E-state index in [4.69, 9.17) is 11.6 Å². The molecule has 0 unspecified atom stereocenters. The standard InChI is InChI=1S/C21H21ClF3N3O2/c22-16-7-1-12(9-18(16)24)11-26-21(27-14-3-5-15(29)6-4-14)28-20(30)13-2-8-17(23)19(25)10-13/h1-2,7-10,14-15,29H,3-6,11H2,(H2,26,27,28,30)/t14-,15-. The monoisotopic (exact) mass is 439 g/mol. The van der Waals surface area contributed by atoms with Gasteiger partial charge in [-0.05, 0) is 61.6 Å². The molecule has 2 aromatic rings. The van der Waals surface area contributed by atoms with E-state index in [1.165, 1.54) is 12.1 Å². The van der Waals surface area contributed by atoms with Gasteiger partial charge in [0.15, 0.2) is 17.6 Å². The van der Waals surface area contributed by atoms with Gasteiger partial charge in [0.25, 0.3) is 5.91 Å². The molecule has 0 bridgehead atoms. The fourth-order valence-corrected chi connectivity index (χ4v) is 3.28. The van der Waals surface area contributed by atoms with E-state index in [1.54, 1.807) is 6.07 Å². The highest BCUT2D eigenvalue weighted by atomic mass is 35.5. The molecule has 3 rings (SSSR count). The van der Waals surface area contributed by atoms with E-state index in [0.717, 1.165) is 18.2 Å². The second kappa shape index (κ2) is 9.95. The van der Waals surface area contributed by atoms with Crippen molar-refractivity contribution in [2.24, 2.45) is 4.99 Å². The van der Waals surface area contributed by atoms with Gasteiger partial charge in [-0.1, -0.05) is 17.7 Å². The smallest absolute Gasteiger partial charge is 0.280 e. The fraction of sp³-hybridized carbons (Fsp3) is 0.333. The summed E-state index contributed by atoms with van der Waals surface area (Å²) in [4.78, 5) is 16.4. The van der Waals surface area contributed by atoms with Crippen LogP contribution in [0.25, 0.3) is 0 Å². The number of guanidine groups is 1. The molecular weight excluding hydrogens is 419 g/mol. The van der Waals surface area contributed by atoms with Crippen molar-refractivity contribution in [3.8, 4) is 0 Å². The quantitative estimate of drug-likeness (QED) is 0.498. The number of amides is 1. The zero-order valence-electron chi connectivity index (χ0n) is 16.0. The number of hydrogen-bond acceptors (Lipinski definition) is 2. The van der Waals surface area contributed by atoms with Crippen molar-refractivity contribution in [2.45, 2.75) is 44.4 Å². The Morgan fingerprint density at radius 2 is 1.77 bits per heavy atom. The Bertz CT molecular complexity index is 947. The maximum absolute atomic E-state index is 13.7. The van der Waals surface area contributed by atoms with Crippen molar-refractivity contribution in [3.05, 3.63) is 70.0 Å². The van der Waals surface area contributed by atoms with Crippen LogP contribution in [-0.2, 0) is 6.54 Å². The molecule has 0 saturated heterocycles. The van der Waals surface area contributed by atoms with Crippen molar-refractivity contribution in [1.82, 2.24) is 10.6 Å². The molecule has 0 spiro atoms. The van der Waals surface area contributed by atoms with Gasteiger partial charge in [0.1, 0.15) is 5.82 Å². The molecule has 1 amide bonds. The summed E-state index contributed by atoms with van der Waals surface area (Å²) in [5.74, 6) is -3.40. The minimum Gasteiger partial charge on any atom is -0.393 e. The Kier molecular flexibility index (Phi) is 7.33. The summed E-state index contributed by atoms with van der Waals surface area (Å²) in [6, 6.07) is 7.08. The molecule has 5 nitrogen and oxygen atoms in total. The van der Waals surface area contributed by atoms with Crippen LogP contribution in [0, 0.1) is 17.5 Å². The Hall–Kier alpha value is -2.58. The number of aliphatic imine (C=N–C) groups is 1. The predicted molar refractivity (Wildman–Crippen MR) is 108 cm³/mol. The highest BCUT2D eigenvalue weighted by Gasteiger charge is 2.21. The van der Waals surface area contributed by atoms with Crippen LogP contribution < -0.4 is 10.6 Å². The van der Waals surface area contributed by atoms with Crippen LogP contribution in [-0.4, -0.2) is 29.1 Å². The van der Waals surface area contributed by atoms with Gasteiger partial charge in [-0.2, -0.15) is 4.99 Å². The third kappa shape index (κ3) is 5.96. The summed E-state index contributed by atoms with van der Waals surface area (Å²) in [7, 11) is 0. The lowest BCUT2D eigenvalue weighted by Crippen LogP contribution is -2.45. The van der Waals surface area contributed by atoms with Crippen LogP contribution in [0.1, 0.15) is 41.6 Å². The predicted octanol–water partition coefficient (Wildman–Crippen LogP) is 3.94. The Balaban J connectivity index is 1.76. The summed E-state index contributed by atoms with van der Waals surface area (Å²) in [5.41, 5.74) is 0.470. The number of nitrogens with one attached hydrogen (secondary N) is 2. The molecule has 1 aliphatic carbocycles. The average molecular weight is 440 g/mol. The van der Waals surface area contributed by atoms with Gasteiger partial charge in [0.05, 0.1) is 11.1 Å². The second-order valence-corrected chi connectivity index (χ2v) is 7.55. The zero-order chi connectivity index (χ0) is 21.7. The number of aliphatic hydroxyl groups excluding tert-OH is 1. The molecule has 0 atom stereocenters. The van der Waals surface area contributed by atoms with Crippen LogP contribution in [0.4, 0.5) is 13.2 Å². The topological polar surface area (TPSA) is 73.7 Å². The van der Waals surface area contributed by atoms with Gasteiger partial charge in [0.2, 0.25) is 0 Å². The Labute approximate surface area is 177 Å². The number of benzene rings is 2. The van der Waals surface area contributed by atoms with Crippen molar-refractivity contribution >= 4 is 23.5 Å². The molecule has 0 radical (unpaired) electrons. The minimum absolute atomic E-state index is 0.0000399. The van der Waals surface area contributed by atoms with Crippen molar-refractivity contribution in [2.75, 3.05) is 0 Å². The van der Waals surface area contributed by atoms with Gasteiger partial charge in [-0.15, -0.1) is 0 Å². The van der Waals surface area contributed by atoms with Gasteiger partial charge >= 0.3 is 0 Å². The van der Waals surface area contributed by atoms with Gasteiger partial charge in [-0.3, -0.25) is 4.79 Å². The minimum atomic E-state index is -1.14. The molecule has 9 heteroatoms. The average Bonchev–Trinajstić information content (AvgIpc) is 2.72. The van der Waals surface area contributed by atoms with E-state index < -0.39 is 23.4 Å². The summed E-state index contributed by atoms with van der Waals surface area (Å²) in [5, 5.41) is 15.7. The lowest BCUT2D eigenvalue weighted by atomic mass is 9.93. The molecule has 3 N–H and O–H groups in total. The number of halogens is 4. The number of rotatable bonds is 4. The first-order valence-electron chi connectivity index (χ1n) is 9.52. The Morgan fingerprint density at radius 1 is 1.03 bits per heavy atom. The summed E-state index contributed by atoms with van der Waals surface area (Å²) in [6.07, 6.45) is 2.24. The van der Waals surface area contributed by atoms with E-state index in [2.05, 4.69) is 15.6 Å². The highest BCUT2D eigenvalue weighted by Crippen LogP contribution is 2.19. The lowest BCUT2D eigenvalue weighted by Gasteiger charge is -2.27. The van der Waals surface area contributed by atoms with Crippen molar-refractivity contribution < 1.29 is 23.1 Å². The third-order valence-electron chi connectivity index (χ3n) is 4.86. The van der Waals surface area contributed by atoms with E-state index in [9.17, 15) is 23.1 Å². The molecule has 1 saturated carbocycles. The highest BCUT2D eigenvalue weighted by molar-refractivity contribution is 6.30. The van der Waals surface area contributed by atoms with Gasteiger partial charge in [0, 0.05) is 18.2 Å². The van der Waals surface area contributed by atoms with Gasteiger partial charge < -0.3 is 15.7 Å². The first kappa shape index (κ1) is 22.1. The number of aliphatic hydroxyl groups is 1. The zero-order valence-corrected chi connectivity index (χ0v) is 16.7.